The van der Waals surface area contributed by atoms with Gasteiger partial charge in [-0.3, -0.25) is 0 Å². The van der Waals surface area contributed by atoms with Crippen LogP contribution in [0.4, 0.5) is 0 Å². The molecule has 0 aromatic heterocycles. The van der Waals surface area contributed by atoms with Crippen LogP contribution in [0.3, 0.4) is 0 Å². The summed E-state index contributed by atoms with van der Waals surface area (Å²) in [6.07, 6.45) is 1.64. The van der Waals surface area contributed by atoms with Crippen LogP contribution in [0.25, 0.3) is 0 Å². The lowest BCUT2D eigenvalue weighted by Gasteiger charge is -2.03. The first-order chi connectivity index (χ1) is 8.36. The molecule has 0 saturated heterocycles. The van der Waals surface area contributed by atoms with Crippen molar-refractivity contribution in [2.45, 2.75) is 0 Å². The second kappa shape index (κ2) is 8.43. The average Bonchev–Trinajstić information content (AvgIpc) is 2.41. The lowest BCUT2D eigenvalue weighted by atomic mass is 10.3. The summed E-state index contributed by atoms with van der Waals surface area (Å²) in [5.74, 6) is 2.29. The van der Waals surface area contributed by atoms with Crippen LogP contribution in [0.15, 0.2) is 73.3 Å². The topological polar surface area (TPSA) is 9.23 Å². The third kappa shape index (κ3) is 5.79. The fourth-order valence-electron chi connectivity index (χ4n) is 1.11. The minimum Gasteiger partial charge on any atom is -0.457 e. The minimum atomic E-state index is 0.556. The van der Waals surface area contributed by atoms with E-state index in [9.17, 15) is 0 Å². The lowest BCUT2D eigenvalue weighted by molar-refractivity contribution is 0.482. The van der Waals surface area contributed by atoms with Crippen molar-refractivity contribution >= 4 is 11.6 Å². The molecule has 0 saturated carbocycles. The van der Waals surface area contributed by atoms with Gasteiger partial charge in [0.2, 0.25) is 0 Å². The van der Waals surface area contributed by atoms with Gasteiger partial charge in [0.05, 0.1) is 0 Å². The molecule has 0 aliphatic rings. The number of halogens is 1. The predicted octanol–water partition coefficient (Wildman–Crippen LogP) is 4.89. The van der Waals surface area contributed by atoms with Gasteiger partial charge in [-0.25, -0.2) is 0 Å². The van der Waals surface area contributed by atoms with Gasteiger partial charge < -0.3 is 4.74 Å². The van der Waals surface area contributed by atoms with Gasteiger partial charge in [0.25, 0.3) is 0 Å². The largest absolute Gasteiger partial charge is 0.457 e. The first-order valence-corrected chi connectivity index (χ1v) is 5.85. The molecule has 0 N–H and O–H groups in total. The molecule has 2 aromatic rings. The zero-order valence-corrected chi connectivity index (χ0v) is 10.3. The molecule has 0 radical (unpaired) electrons. The molecule has 88 valence electrons. The number of rotatable bonds is 3. The summed E-state index contributed by atoms with van der Waals surface area (Å²) in [7, 11) is 0. The maximum atomic E-state index is 5.58. The van der Waals surface area contributed by atoms with E-state index in [1.54, 1.807) is 6.08 Å². The summed E-state index contributed by atoms with van der Waals surface area (Å²) in [5, 5.41) is 0. The van der Waals surface area contributed by atoms with Crippen molar-refractivity contribution in [2.24, 2.45) is 0 Å². The number of hydrogen-bond donors (Lipinski definition) is 0. The Morgan fingerprint density at radius 1 is 0.882 bits per heavy atom. The SMILES string of the molecule is C=CCCl.c1ccc(Oc2ccccc2)cc1. The van der Waals surface area contributed by atoms with E-state index in [1.165, 1.54) is 0 Å². The number of allylic oxidation sites excluding steroid dienone is 1. The predicted molar refractivity (Wildman–Crippen MR) is 73.9 cm³/mol. The van der Waals surface area contributed by atoms with Crippen molar-refractivity contribution in [1.29, 1.82) is 0 Å². The number of ether oxygens (including phenoxy) is 1. The summed E-state index contributed by atoms with van der Waals surface area (Å²) in [5.41, 5.74) is 0. The molecule has 0 bridgehead atoms. The van der Waals surface area contributed by atoms with Crippen molar-refractivity contribution in [3.63, 3.8) is 0 Å². The maximum absolute atomic E-state index is 5.58. The van der Waals surface area contributed by atoms with Crippen LogP contribution in [-0.2, 0) is 0 Å². The van der Waals surface area contributed by atoms with Crippen molar-refractivity contribution in [2.75, 3.05) is 5.88 Å². The van der Waals surface area contributed by atoms with Gasteiger partial charge in [-0.1, -0.05) is 42.5 Å². The lowest BCUT2D eigenvalue weighted by Crippen LogP contribution is -1.81. The van der Waals surface area contributed by atoms with Crippen LogP contribution in [0.2, 0.25) is 0 Å². The zero-order valence-electron chi connectivity index (χ0n) is 9.55. The number of para-hydroxylation sites is 2. The molecule has 0 fully saturated rings. The second-order valence-electron chi connectivity index (χ2n) is 3.17. The quantitative estimate of drug-likeness (QED) is 0.553. The van der Waals surface area contributed by atoms with Crippen LogP contribution in [0, 0.1) is 0 Å². The van der Waals surface area contributed by atoms with Crippen LogP contribution in [0.5, 0.6) is 11.5 Å². The Bertz CT molecular complexity index is 374. The summed E-state index contributed by atoms with van der Waals surface area (Å²) in [6.45, 7) is 3.35. The van der Waals surface area contributed by atoms with Crippen LogP contribution in [0.1, 0.15) is 0 Å². The molecular formula is C15H15ClO. The van der Waals surface area contributed by atoms with Crippen molar-refractivity contribution < 1.29 is 4.74 Å². The van der Waals surface area contributed by atoms with Crippen molar-refractivity contribution in [3.05, 3.63) is 73.3 Å². The highest BCUT2D eigenvalue weighted by Crippen LogP contribution is 2.19. The second-order valence-corrected chi connectivity index (χ2v) is 3.48. The van der Waals surface area contributed by atoms with Crippen LogP contribution in [-0.4, -0.2) is 5.88 Å². The van der Waals surface area contributed by atoms with E-state index in [2.05, 4.69) is 6.58 Å². The average molecular weight is 247 g/mol. The zero-order chi connectivity index (χ0) is 12.3. The third-order valence-corrected chi connectivity index (χ3v) is 2.05. The van der Waals surface area contributed by atoms with E-state index in [-0.39, 0.29) is 0 Å². The highest BCUT2D eigenvalue weighted by atomic mass is 35.5. The highest BCUT2D eigenvalue weighted by molar-refractivity contribution is 6.18. The van der Waals surface area contributed by atoms with E-state index in [0.29, 0.717) is 5.88 Å². The Hall–Kier alpha value is -1.73. The van der Waals surface area contributed by atoms with Gasteiger partial charge in [-0.15, -0.1) is 18.2 Å². The minimum absolute atomic E-state index is 0.556. The molecule has 2 heteroatoms. The normalized spacial score (nSPS) is 8.76. The van der Waals surface area contributed by atoms with E-state index in [4.69, 9.17) is 16.3 Å². The van der Waals surface area contributed by atoms with E-state index in [1.807, 2.05) is 60.7 Å². The molecular weight excluding hydrogens is 232 g/mol. The highest BCUT2D eigenvalue weighted by Gasteiger charge is 1.92. The summed E-state index contributed by atoms with van der Waals surface area (Å²) >= 11 is 5.07. The Morgan fingerprint density at radius 2 is 1.24 bits per heavy atom. The third-order valence-electron chi connectivity index (χ3n) is 1.83. The van der Waals surface area contributed by atoms with Gasteiger partial charge in [-0.2, -0.15) is 0 Å². The van der Waals surface area contributed by atoms with E-state index >= 15 is 0 Å². The maximum Gasteiger partial charge on any atom is 0.127 e. The first-order valence-electron chi connectivity index (χ1n) is 5.31. The Morgan fingerprint density at radius 3 is 1.53 bits per heavy atom. The molecule has 17 heavy (non-hydrogen) atoms. The fraction of sp³-hybridized carbons (Fsp3) is 0.0667. The Kier molecular flexibility index (Phi) is 6.61. The molecule has 0 aliphatic heterocycles. The summed E-state index contributed by atoms with van der Waals surface area (Å²) in [6, 6.07) is 19.5. The number of hydrogen-bond acceptors (Lipinski definition) is 1. The smallest absolute Gasteiger partial charge is 0.127 e. The van der Waals surface area contributed by atoms with Crippen LogP contribution >= 0.6 is 11.6 Å². The molecule has 2 aromatic carbocycles. The van der Waals surface area contributed by atoms with Gasteiger partial charge in [0.15, 0.2) is 0 Å². The standard InChI is InChI=1S/C12H10O.C3H5Cl/c1-3-7-11(8-4-1)13-12-9-5-2-6-10-12;1-2-3-4/h1-10H;2H,1,3H2. The molecule has 0 unspecified atom stereocenters. The molecule has 0 aliphatic carbocycles. The van der Waals surface area contributed by atoms with Crippen molar-refractivity contribution in [3.8, 4) is 11.5 Å². The summed E-state index contributed by atoms with van der Waals surface area (Å²) in [4.78, 5) is 0. The molecule has 1 nitrogen and oxygen atoms in total. The molecule has 2 rings (SSSR count). The van der Waals surface area contributed by atoms with Crippen molar-refractivity contribution in [1.82, 2.24) is 0 Å². The van der Waals surface area contributed by atoms with Gasteiger partial charge in [-0.05, 0) is 24.3 Å². The molecule has 0 atom stereocenters. The monoisotopic (exact) mass is 246 g/mol. The fourth-order valence-corrected chi connectivity index (χ4v) is 1.11. The first kappa shape index (κ1) is 13.3. The Labute approximate surface area is 107 Å². The Balaban J connectivity index is 0.000000317. The van der Waals surface area contributed by atoms with E-state index < -0.39 is 0 Å². The van der Waals surface area contributed by atoms with Crippen LogP contribution < -0.4 is 4.74 Å². The van der Waals surface area contributed by atoms with Gasteiger partial charge in [0, 0.05) is 5.88 Å². The van der Waals surface area contributed by atoms with E-state index in [0.717, 1.165) is 11.5 Å². The molecule has 0 spiro atoms. The number of alkyl halides is 1. The molecule has 0 amide bonds. The number of benzene rings is 2. The van der Waals surface area contributed by atoms with Gasteiger partial charge in [0.1, 0.15) is 11.5 Å². The van der Waals surface area contributed by atoms with Gasteiger partial charge >= 0.3 is 0 Å². The molecule has 0 heterocycles. The summed E-state index contributed by atoms with van der Waals surface area (Å²) < 4.78 is 5.58.